The van der Waals surface area contributed by atoms with Gasteiger partial charge in [0, 0.05) is 18.7 Å². The average Bonchev–Trinajstić information content (AvgIpc) is 2.91. The van der Waals surface area contributed by atoms with Gasteiger partial charge in [-0.15, -0.1) is 0 Å². The molecular formula is C14H15ClFN3O2. The van der Waals surface area contributed by atoms with Crippen LogP contribution in [0.25, 0.3) is 11.3 Å². The van der Waals surface area contributed by atoms with Gasteiger partial charge in [-0.2, -0.15) is 5.10 Å². The van der Waals surface area contributed by atoms with E-state index in [0.29, 0.717) is 29.9 Å². The van der Waals surface area contributed by atoms with Gasteiger partial charge in [0.2, 0.25) is 0 Å². The first-order chi connectivity index (χ1) is 10.1. The van der Waals surface area contributed by atoms with Gasteiger partial charge in [-0.25, -0.2) is 4.39 Å². The number of nitrogens with one attached hydrogen (secondary N) is 1. The Morgan fingerprint density at radius 3 is 2.95 bits per heavy atom. The number of aliphatic hydroxyl groups is 2. The number of hydrogen-bond acceptors (Lipinski definition) is 4. The lowest BCUT2D eigenvalue weighted by atomic mass is 10.1. The van der Waals surface area contributed by atoms with E-state index in [0.717, 1.165) is 0 Å². The van der Waals surface area contributed by atoms with E-state index in [-0.39, 0.29) is 17.7 Å². The summed E-state index contributed by atoms with van der Waals surface area (Å²) in [5.74, 6) is -0.482. The molecule has 5 nitrogen and oxygen atoms in total. The van der Waals surface area contributed by atoms with Crippen molar-refractivity contribution in [2.45, 2.75) is 18.7 Å². The summed E-state index contributed by atoms with van der Waals surface area (Å²) in [5, 5.41) is 26.6. The lowest BCUT2D eigenvalue weighted by molar-refractivity contribution is 0.0930. The third kappa shape index (κ3) is 2.67. The van der Waals surface area contributed by atoms with Gasteiger partial charge in [-0.05, 0) is 30.7 Å². The highest BCUT2D eigenvalue weighted by atomic mass is 35.5. The van der Waals surface area contributed by atoms with E-state index in [2.05, 4.69) is 10.4 Å². The first kappa shape index (κ1) is 14.5. The summed E-state index contributed by atoms with van der Waals surface area (Å²) in [7, 11) is 0. The monoisotopic (exact) mass is 311 g/mol. The van der Waals surface area contributed by atoms with Crippen LogP contribution in [-0.4, -0.2) is 33.1 Å². The smallest absolute Gasteiger partial charge is 0.147 e. The second-order valence-corrected chi connectivity index (χ2v) is 5.41. The van der Waals surface area contributed by atoms with Gasteiger partial charge in [0.05, 0.1) is 22.5 Å². The zero-order valence-corrected chi connectivity index (χ0v) is 11.9. The molecule has 0 bridgehead atoms. The molecule has 2 aromatic rings. The van der Waals surface area contributed by atoms with E-state index in [1.165, 1.54) is 12.1 Å². The molecule has 112 valence electrons. The Morgan fingerprint density at radius 2 is 2.24 bits per heavy atom. The van der Waals surface area contributed by atoms with Crippen molar-refractivity contribution in [1.29, 1.82) is 0 Å². The Bertz CT molecular complexity index is 662. The van der Waals surface area contributed by atoms with E-state index in [4.69, 9.17) is 16.7 Å². The molecule has 3 rings (SSSR count). The lowest BCUT2D eigenvalue weighted by Crippen LogP contribution is -2.37. The van der Waals surface area contributed by atoms with Crippen LogP contribution in [0.5, 0.6) is 0 Å². The van der Waals surface area contributed by atoms with Gasteiger partial charge < -0.3 is 10.2 Å². The molecule has 1 aliphatic rings. The molecule has 2 atom stereocenters. The molecule has 7 heteroatoms. The maximum absolute atomic E-state index is 13.2. The number of nitrogens with zero attached hydrogens (tertiary/aromatic N) is 2. The number of halogens is 2. The molecule has 0 aliphatic carbocycles. The van der Waals surface area contributed by atoms with Crippen molar-refractivity contribution >= 4 is 11.6 Å². The molecule has 0 amide bonds. The number of rotatable bonds is 3. The first-order valence-corrected chi connectivity index (χ1v) is 7.05. The van der Waals surface area contributed by atoms with Gasteiger partial charge in [-0.3, -0.25) is 10.00 Å². The SMILES string of the molecule is OCCC1CNC(O)c2cc(-c3ccc(F)c(Cl)c3)nn21. The molecule has 0 fully saturated rings. The fraction of sp³-hybridized carbons (Fsp3) is 0.357. The standard InChI is InChI=1S/C14H15ClFN3O2/c15-10-5-8(1-2-11(10)16)12-6-13-14(21)17-7-9(3-4-20)19(13)18-12/h1-2,5-6,9,14,17,20-21H,3-4,7H2. The van der Waals surface area contributed by atoms with Crippen molar-refractivity contribution in [1.82, 2.24) is 15.1 Å². The van der Waals surface area contributed by atoms with Crippen LogP contribution in [0.1, 0.15) is 24.4 Å². The Balaban J connectivity index is 2.01. The molecule has 1 aromatic carbocycles. The quantitative estimate of drug-likeness (QED) is 0.809. The topological polar surface area (TPSA) is 70.3 Å². The van der Waals surface area contributed by atoms with Crippen molar-refractivity contribution in [2.24, 2.45) is 0 Å². The second-order valence-electron chi connectivity index (χ2n) is 5.00. The van der Waals surface area contributed by atoms with Crippen LogP contribution < -0.4 is 5.32 Å². The fourth-order valence-electron chi connectivity index (χ4n) is 2.51. The van der Waals surface area contributed by atoms with Crippen molar-refractivity contribution in [3.05, 3.63) is 40.8 Å². The minimum Gasteiger partial charge on any atom is -0.396 e. The third-order valence-corrected chi connectivity index (χ3v) is 3.90. The number of aromatic nitrogens is 2. The molecule has 2 heterocycles. The molecule has 3 N–H and O–H groups in total. The average molecular weight is 312 g/mol. The summed E-state index contributed by atoms with van der Waals surface area (Å²) in [6.07, 6.45) is -0.269. The molecule has 0 saturated carbocycles. The van der Waals surface area contributed by atoms with Crippen molar-refractivity contribution in [3.63, 3.8) is 0 Å². The van der Waals surface area contributed by atoms with Crippen LogP contribution in [0, 0.1) is 5.82 Å². The molecular weight excluding hydrogens is 297 g/mol. The predicted molar refractivity (Wildman–Crippen MR) is 76.3 cm³/mol. The third-order valence-electron chi connectivity index (χ3n) is 3.62. The van der Waals surface area contributed by atoms with Crippen LogP contribution in [-0.2, 0) is 0 Å². The number of fused-ring (bicyclic) bond motifs is 1. The first-order valence-electron chi connectivity index (χ1n) is 6.67. The zero-order chi connectivity index (χ0) is 15.0. The van der Waals surface area contributed by atoms with Gasteiger partial charge in [-0.1, -0.05) is 11.6 Å². The molecule has 21 heavy (non-hydrogen) atoms. The van der Waals surface area contributed by atoms with Crippen molar-refractivity contribution in [3.8, 4) is 11.3 Å². The molecule has 2 unspecified atom stereocenters. The highest BCUT2D eigenvalue weighted by Crippen LogP contribution is 2.30. The van der Waals surface area contributed by atoms with Crippen molar-refractivity contribution in [2.75, 3.05) is 13.2 Å². The highest BCUT2D eigenvalue weighted by Gasteiger charge is 2.27. The van der Waals surface area contributed by atoms with E-state index in [9.17, 15) is 9.50 Å². The van der Waals surface area contributed by atoms with Gasteiger partial charge >= 0.3 is 0 Å². The summed E-state index contributed by atoms with van der Waals surface area (Å²) in [4.78, 5) is 0. The fourth-order valence-corrected chi connectivity index (χ4v) is 2.69. The second kappa shape index (κ2) is 5.73. The Labute approximate surface area is 126 Å². The predicted octanol–water partition coefficient (Wildman–Crippen LogP) is 1.86. The Hall–Kier alpha value is -1.47. The van der Waals surface area contributed by atoms with E-state index in [1.54, 1.807) is 16.8 Å². The molecule has 1 aromatic heterocycles. The highest BCUT2D eigenvalue weighted by molar-refractivity contribution is 6.31. The lowest BCUT2D eigenvalue weighted by Gasteiger charge is -2.28. The largest absolute Gasteiger partial charge is 0.396 e. The molecule has 1 aliphatic heterocycles. The molecule has 0 spiro atoms. The zero-order valence-electron chi connectivity index (χ0n) is 11.1. The van der Waals surface area contributed by atoms with E-state index >= 15 is 0 Å². The van der Waals surface area contributed by atoms with Crippen LogP contribution in [0.3, 0.4) is 0 Å². The summed E-state index contributed by atoms with van der Waals surface area (Å²) < 4.78 is 14.9. The number of hydrogen-bond donors (Lipinski definition) is 3. The van der Waals surface area contributed by atoms with Crippen molar-refractivity contribution < 1.29 is 14.6 Å². The minimum absolute atomic E-state index is 0.0296. The van der Waals surface area contributed by atoms with Crippen LogP contribution in [0.15, 0.2) is 24.3 Å². The normalized spacial score (nSPS) is 21.3. The summed E-state index contributed by atoms with van der Waals surface area (Å²) in [5.41, 5.74) is 1.91. The van der Waals surface area contributed by atoms with Crippen LogP contribution in [0.4, 0.5) is 4.39 Å². The van der Waals surface area contributed by atoms with Crippen LogP contribution in [0.2, 0.25) is 5.02 Å². The minimum atomic E-state index is -0.808. The maximum atomic E-state index is 13.2. The Kier molecular flexibility index (Phi) is 3.95. The summed E-state index contributed by atoms with van der Waals surface area (Å²) in [6, 6.07) is 6.10. The number of benzene rings is 1. The van der Waals surface area contributed by atoms with Gasteiger partial charge in [0.25, 0.3) is 0 Å². The maximum Gasteiger partial charge on any atom is 0.147 e. The van der Waals surface area contributed by atoms with Crippen LogP contribution >= 0.6 is 11.6 Å². The number of aliphatic hydroxyl groups excluding tert-OH is 2. The molecule has 0 saturated heterocycles. The van der Waals surface area contributed by atoms with E-state index < -0.39 is 12.0 Å². The van der Waals surface area contributed by atoms with Gasteiger partial charge in [0.1, 0.15) is 12.0 Å². The van der Waals surface area contributed by atoms with Gasteiger partial charge in [0.15, 0.2) is 0 Å². The molecule has 0 radical (unpaired) electrons. The summed E-state index contributed by atoms with van der Waals surface area (Å²) in [6.45, 7) is 0.569. The van der Waals surface area contributed by atoms with E-state index in [1.807, 2.05) is 0 Å². The Morgan fingerprint density at radius 1 is 1.43 bits per heavy atom. The summed E-state index contributed by atoms with van der Waals surface area (Å²) >= 11 is 5.79.